The highest BCUT2D eigenvalue weighted by atomic mass is 16.5. The summed E-state index contributed by atoms with van der Waals surface area (Å²) in [7, 11) is 0. The zero-order valence-corrected chi connectivity index (χ0v) is 13.4. The molecule has 0 radical (unpaired) electrons. The number of amides is 2. The fourth-order valence-electron chi connectivity index (χ4n) is 3.15. The molecular weight excluding hydrogens is 282 g/mol. The van der Waals surface area contributed by atoms with Gasteiger partial charge in [-0.05, 0) is 31.6 Å². The zero-order chi connectivity index (χ0) is 15.5. The fourth-order valence-corrected chi connectivity index (χ4v) is 3.15. The summed E-state index contributed by atoms with van der Waals surface area (Å²) in [4.78, 5) is 14.3. The third-order valence-corrected chi connectivity index (χ3v) is 4.49. The molecule has 0 spiro atoms. The van der Waals surface area contributed by atoms with Gasteiger partial charge in [-0.2, -0.15) is 0 Å². The summed E-state index contributed by atoms with van der Waals surface area (Å²) in [5, 5.41) is 7.11. The number of hydrogen-bond donors (Lipinski definition) is 1. The summed E-state index contributed by atoms with van der Waals surface area (Å²) < 4.78 is 11.0. The first-order chi connectivity index (χ1) is 10.6. The lowest BCUT2D eigenvalue weighted by Gasteiger charge is -2.23. The van der Waals surface area contributed by atoms with Crippen LogP contribution in [-0.2, 0) is 4.74 Å². The first-order valence-electron chi connectivity index (χ1n) is 8.27. The molecule has 3 rings (SSSR count). The SMILES string of the molecule is CC(C)c1cc([C@H]2CCCN2C(=O)NC[C@H]2CCCO2)on1. The molecule has 2 saturated heterocycles. The Balaban J connectivity index is 1.60. The van der Waals surface area contributed by atoms with Crippen LogP contribution in [0.2, 0.25) is 0 Å². The first kappa shape index (κ1) is 15.3. The van der Waals surface area contributed by atoms with Crippen LogP contribution < -0.4 is 5.32 Å². The van der Waals surface area contributed by atoms with Crippen LogP contribution in [0.3, 0.4) is 0 Å². The lowest BCUT2D eigenvalue weighted by Crippen LogP contribution is -2.42. The molecule has 2 atom stereocenters. The number of hydrogen-bond acceptors (Lipinski definition) is 4. The number of likely N-dealkylation sites (tertiary alicyclic amines) is 1. The summed E-state index contributed by atoms with van der Waals surface area (Å²) in [6.07, 6.45) is 4.21. The minimum absolute atomic E-state index is 0.00416. The predicted octanol–water partition coefficient (Wildman–Crippen LogP) is 2.82. The topological polar surface area (TPSA) is 67.6 Å². The summed E-state index contributed by atoms with van der Waals surface area (Å²) in [6, 6.07) is 1.96. The van der Waals surface area contributed by atoms with E-state index in [0.29, 0.717) is 12.5 Å². The van der Waals surface area contributed by atoms with Gasteiger partial charge >= 0.3 is 6.03 Å². The molecule has 6 nitrogen and oxygen atoms in total. The van der Waals surface area contributed by atoms with Gasteiger partial charge in [0.2, 0.25) is 0 Å². The zero-order valence-electron chi connectivity index (χ0n) is 13.4. The maximum atomic E-state index is 12.4. The third-order valence-electron chi connectivity index (χ3n) is 4.49. The smallest absolute Gasteiger partial charge is 0.318 e. The van der Waals surface area contributed by atoms with E-state index >= 15 is 0 Å². The maximum absolute atomic E-state index is 12.4. The van der Waals surface area contributed by atoms with Gasteiger partial charge in [-0.3, -0.25) is 0 Å². The molecule has 0 saturated carbocycles. The van der Waals surface area contributed by atoms with E-state index < -0.39 is 0 Å². The van der Waals surface area contributed by atoms with Crippen molar-refractivity contribution in [1.82, 2.24) is 15.4 Å². The number of carbonyl (C=O) groups is 1. The van der Waals surface area contributed by atoms with Crippen LogP contribution in [-0.4, -0.2) is 41.9 Å². The molecule has 0 aliphatic carbocycles. The van der Waals surface area contributed by atoms with Gasteiger partial charge in [0, 0.05) is 25.8 Å². The van der Waals surface area contributed by atoms with Gasteiger partial charge < -0.3 is 19.5 Å². The number of urea groups is 1. The van der Waals surface area contributed by atoms with Gasteiger partial charge in [0.15, 0.2) is 5.76 Å². The van der Waals surface area contributed by atoms with Gasteiger partial charge in [-0.25, -0.2) is 4.79 Å². The molecule has 0 unspecified atom stereocenters. The van der Waals surface area contributed by atoms with E-state index in [9.17, 15) is 4.79 Å². The predicted molar refractivity (Wildman–Crippen MR) is 81.6 cm³/mol. The Morgan fingerprint density at radius 3 is 3.00 bits per heavy atom. The average Bonchev–Trinajstić information content (AvgIpc) is 3.23. The molecule has 122 valence electrons. The minimum Gasteiger partial charge on any atom is -0.376 e. The number of ether oxygens (including phenoxy) is 1. The van der Waals surface area contributed by atoms with E-state index in [-0.39, 0.29) is 18.2 Å². The van der Waals surface area contributed by atoms with Crippen LogP contribution in [0.25, 0.3) is 0 Å². The Hall–Kier alpha value is -1.56. The van der Waals surface area contributed by atoms with Crippen molar-refractivity contribution in [1.29, 1.82) is 0 Å². The Bertz CT molecular complexity index is 508. The first-order valence-corrected chi connectivity index (χ1v) is 8.27. The van der Waals surface area contributed by atoms with Gasteiger partial charge in [-0.15, -0.1) is 0 Å². The van der Waals surface area contributed by atoms with Crippen LogP contribution in [0.1, 0.15) is 62.9 Å². The molecule has 2 amide bonds. The molecule has 6 heteroatoms. The van der Waals surface area contributed by atoms with E-state index in [4.69, 9.17) is 9.26 Å². The molecule has 2 fully saturated rings. The molecule has 2 aliphatic heterocycles. The second kappa shape index (κ2) is 6.69. The molecule has 0 aromatic carbocycles. The third kappa shape index (κ3) is 3.27. The standard InChI is InChI=1S/C16H25N3O3/c1-11(2)13-9-15(22-18-13)14-6-3-7-19(14)16(20)17-10-12-5-4-8-21-12/h9,11-12,14H,3-8,10H2,1-2H3,(H,17,20)/t12-,14-/m1/s1. The van der Waals surface area contributed by atoms with Crippen LogP contribution in [0.15, 0.2) is 10.6 Å². The van der Waals surface area contributed by atoms with Crippen LogP contribution in [0, 0.1) is 0 Å². The van der Waals surface area contributed by atoms with E-state index in [1.807, 2.05) is 11.0 Å². The van der Waals surface area contributed by atoms with Crippen molar-refractivity contribution < 1.29 is 14.1 Å². The molecule has 1 aromatic rings. The highest BCUT2D eigenvalue weighted by molar-refractivity contribution is 5.75. The van der Waals surface area contributed by atoms with Gasteiger partial charge in [0.25, 0.3) is 0 Å². The summed E-state index contributed by atoms with van der Waals surface area (Å²) in [5.41, 5.74) is 0.946. The van der Waals surface area contributed by atoms with E-state index in [0.717, 1.165) is 50.3 Å². The minimum atomic E-state index is -0.0273. The summed E-state index contributed by atoms with van der Waals surface area (Å²) >= 11 is 0. The monoisotopic (exact) mass is 307 g/mol. The molecule has 3 heterocycles. The number of rotatable bonds is 4. The van der Waals surface area contributed by atoms with Crippen molar-refractivity contribution >= 4 is 6.03 Å². The van der Waals surface area contributed by atoms with Crippen molar-refractivity contribution in [2.24, 2.45) is 0 Å². The van der Waals surface area contributed by atoms with Crippen molar-refractivity contribution in [2.45, 2.75) is 57.6 Å². The highest BCUT2D eigenvalue weighted by Gasteiger charge is 2.33. The Morgan fingerprint density at radius 2 is 2.32 bits per heavy atom. The normalized spacial score (nSPS) is 25.1. The fraction of sp³-hybridized carbons (Fsp3) is 0.750. The van der Waals surface area contributed by atoms with Crippen molar-refractivity contribution in [3.63, 3.8) is 0 Å². The molecule has 1 aromatic heterocycles. The van der Waals surface area contributed by atoms with Crippen molar-refractivity contribution in [2.75, 3.05) is 19.7 Å². The van der Waals surface area contributed by atoms with E-state index in [2.05, 4.69) is 24.3 Å². The lowest BCUT2D eigenvalue weighted by molar-refractivity contribution is 0.108. The van der Waals surface area contributed by atoms with Crippen LogP contribution >= 0.6 is 0 Å². The summed E-state index contributed by atoms with van der Waals surface area (Å²) in [6.45, 7) is 6.34. The lowest BCUT2D eigenvalue weighted by atomic mass is 10.1. The van der Waals surface area contributed by atoms with E-state index in [1.165, 1.54) is 0 Å². The van der Waals surface area contributed by atoms with Gasteiger partial charge in [0.05, 0.1) is 17.8 Å². The second-order valence-electron chi connectivity index (χ2n) is 6.48. The Labute approximate surface area is 131 Å². The molecule has 1 N–H and O–H groups in total. The summed E-state index contributed by atoms with van der Waals surface area (Å²) in [5.74, 6) is 1.13. The number of carbonyl (C=O) groups excluding carboxylic acids is 1. The van der Waals surface area contributed by atoms with Crippen molar-refractivity contribution in [3.05, 3.63) is 17.5 Å². The Morgan fingerprint density at radius 1 is 1.45 bits per heavy atom. The van der Waals surface area contributed by atoms with Gasteiger partial charge in [0.1, 0.15) is 0 Å². The molecule has 0 bridgehead atoms. The quantitative estimate of drug-likeness (QED) is 0.929. The highest BCUT2D eigenvalue weighted by Crippen LogP contribution is 2.33. The van der Waals surface area contributed by atoms with E-state index in [1.54, 1.807) is 0 Å². The maximum Gasteiger partial charge on any atom is 0.318 e. The number of nitrogens with zero attached hydrogens (tertiary/aromatic N) is 2. The van der Waals surface area contributed by atoms with Gasteiger partial charge in [-0.1, -0.05) is 19.0 Å². The molecule has 22 heavy (non-hydrogen) atoms. The second-order valence-corrected chi connectivity index (χ2v) is 6.48. The average molecular weight is 307 g/mol. The van der Waals surface area contributed by atoms with Crippen molar-refractivity contribution in [3.8, 4) is 0 Å². The Kier molecular flexibility index (Phi) is 4.66. The molecule has 2 aliphatic rings. The molecular formula is C16H25N3O3. The number of nitrogens with one attached hydrogen (secondary N) is 1. The largest absolute Gasteiger partial charge is 0.376 e. The van der Waals surface area contributed by atoms with Crippen LogP contribution in [0.4, 0.5) is 4.79 Å². The number of aromatic nitrogens is 1. The van der Waals surface area contributed by atoms with Crippen LogP contribution in [0.5, 0.6) is 0 Å².